The molecule has 0 spiro atoms. The van der Waals surface area contributed by atoms with E-state index in [9.17, 15) is 9.00 Å². The van der Waals surface area contributed by atoms with Crippen molar-refractivity contribution in [2.75, 3.05) is 18.9 Å². The third-order valence-electron chi connectivity index (χ3n) is 7.78. The Morgan fingerprint density at radius 2 is 1.91 bits per heavy atom. The van der Waals surface area contributed by atoms with Gasteiger partial charge in [0.05, 0.1) is 0 Å². The number of nitrogens with zero attached hydrogens (tertiary/aromatic N) is 3. The van der Waals surface area contributed by atoms with E-state index >= 15 is 0 Å². The van der Waals surface area contributed by atoms with Gasteiger partial charge in [0, 0.05) is 23.7 Å². The highest BCUT2D eigenvalue weighted by molar-refractivity contribution is 7.95. The van der Waals surface area contributed by atoms with Crippen LogP contribution in [0.3, 0.4) is 0 Å². The fraction of sp³-hybridized carbons (Fsp3) is 0.583. The summed E-state index contributed by atoms with van der Waals surface area (Å²) in [7, 11) is -1.25. The first-order valence-electron chi connectivity index (χ1n) is 11.8. The number of likely N-dealkylation sites (N-methyl/N-ethyl adjacent to an activating group) is 1. The quantitative estimate of drug-likeness (QED) is 0.676. The number of aryl methyl sites for hydroxylation is 2. The van der Waals surface area contributed by atoms with Gasteiger partial charge in [-0.2, -0.15) is 5.26 Å². The van der Waals surface area contributed by atoms with Crippen LogP contribution >= 0.6 is 0 Å². The maximum atomic E-state index is 13.3. The Labute approximate surface area is 190 Å². The van der Waals surface area contributed by atoms with Gasteiger partial charge in [-0.15, -0.1) is 0 Å². The van der Waals surface area contributed by atoms with Crippen LogP contribution in [0, 0.1) is 23.3 Å². The molecule has 1 aliphatic heterocycles. The second-order valence-electron chi connectivity index (χ2n) is 9.66. The number of likely N-dealkylation sites (tertiary alicyclic amines) is 1. The van der Waals surface area contributed by atoms with Crippen molar-refractivity contribution in [2.24, 2.45) is 16.2 Å². The predicted molar refractivity (Wildman–Crippen MR) is 125 cm³/mol. The zero-order chi connectivity index (χ0) is 22.3. The molecule has 1 aromatic rings. The lowest BCUT2D eigenvalue weighted by Gasteiger charge is -2.21. The second-order valence-corrected chi connectivity index (χ2v) is 11.5. The molecule has 2 fully saturated rings. The Balaban J connectivity index is 1.35. The fourth-order valence-corrected chi connectivity index (χ4v) is 7.41. The maximum absolute atomic E-state index is 13.3. The molecule has 5 rings (SSSR count). The van der Waals surface area contributed by atoms with Crippen molar-refractivity contribution in [3.05, 3.63) is 39.8 Å². The van der Waals surface area contributed by atoms with Crippen molar-refractivity contribution in [3.63, 3.8) is 0 Å². The number of nitriles is 1. The first kappa shape index (κ1) is 21.5. The summed E-state index contributed by atoms with van der Waals surface area (Å²) in [5.41, 5.74) is 5.94. The summed E-state index contributed by atoms with van der Waals surface area (Å²) in [5, 5.41) is 13.6. The van der Waals surface area contributed by atoms with Gasteiger partial charge in [-0.3, -0.25) is 4.90 Å². The van der Waals surface area contributed by atoms with Crippen LogP contribution in [-0.4, -0.2) is 34.8 Å². The van der Waals surface area contributed by atoms with E-state index in [0.717, 1.165) is 50.8 Å². The van der Waals surface area contributed by atoms with E-state index in [2.05, 4.69) is 32.4 Å². The maximum Gasteiger partial charge on any atom is 0.331 e. The number of nitrogens with one attached hydrogen (secondary N) is 2. The molecule has 1 aromatic carbocycles. The SMILES string of the molecule is CN1CC2CCCC2C1/C=C/S(=O)(=NC#N)NC(=O)Nc1c2c(cc3c1CCC3)CCC2. The molecule has 1 saturated carbocycles. The molecule has 3 aliphatic carbocycles. The van der Waals surface area contributed by atoms with E-state index in [1.165, 1.54) is 46.9 Å². The third kappa shape index (κ3) is 3.93. The number of urea groups is 1. The van der Waals surface area contributed by atoms with Crippen molar-refractivity contribution >= 4 is 21.6 Å². The first-order valence-corrected chi connectivity index (χ1v) is 13.3. The molecule has 1 saturated heterocycles. The molecule has 1 heterocycles. The molecule has 2 N–H and O–H groups in total. The number of carbonyl (C=O) groups is 1. The highest BCUT2D eigenvalue weighted by atomic mass is 32.2. The number of fused-ring (bicyclic) bond motifs is 3. The van der Waals surface area contributed by atoms with E-state index in [-0.39, 0.29) is 6.04 Å². The molecule has 0 radical (unpaired) electrons. The molecular formula is C24H31N5O2S. The highest BCUT2D eigenvalue weighted by Crippen LogP contribution is 2.42. The number of amides is 2. The Morgan fingerprint density at radius 1 is 1.19 bits per heavy atom. The summed E-state index contributed by atoms with van der Waals surface area (Å²) < 4.78 is 19.5. The molecule has 32 heavy (non-hydrogen) atoms. The highest BCUT2D eigenvalue weighted by Gasteiger charge is 2.41. The van der Waals surface area contributed by atoms with Crippen LogP contribution in [0.4, 0.5) is 10.5 Å². The summed E-state index contributed by atoms with van der Waals surface area (Å²) in [6, 6.07) is 1.91. The van der Waals surface area contributed by atoms with Crippen molar-refractivity contribution in [1.82, 2.24) is 9.62 Å². The van der Waals surface area contributed by atoms with E-state index < -0.39 is 15.9 Å². The third-order valence-corrected chi connectivity index (χ3v) is 9.13. The number of anilines is 1. The molecule has 2 amide bonds. The number of hydrogen-bond donors (Lipinski definition) is 2. The Hall–Kier alpha value is -2.37. The summed E-state index contributed by atoms with van der Waals surface area (Å²) in [6.07, 6.45) is 13.3. The van der Waals surface area contributed by atoms with Crippen molar-refractivity contribution in [3.8, 4) is 6.19 Å². The number of carbonyl (C=O) groups excluding carboxylic acids is 1. The molecule has 170 valence electrons. The summed E-state index contributed by atoms with van der Waals surface area (Å²) >= 11 is 0. The van der Waals surface area contributed by atoms with Crippen LogP contribution in [0.2, 0.25) is 0 Å². The molecule has 0 aromatic heterocycles. The largest absolute Gasteiger partial charge is 0.331 e. The fourth-order valence-electron chi connectivity index (χ4n) is 6.42. The summed E-state index contributed by atoms with van der Waals surface area (Å²) in [6.45, 7) is 1.04. The van der Waals surface area contributed by atoms with Crippen molar-refractivity contribution < 1.29 is 9.00 Å². The normalized spacial score (nSPS) is 28.1. The van der Waals surface area contributed by atoms with Gasteiger partial charge < -0.3 is 5.32 Å². The van der Waals surface area contributed by atoms with E-state index in [1.54, 1.807) is 6.19 Å². The van der Waals surface area contributed by atoms with Gasteiger partial charge in [-0.25, -0.2) is 13.7 Å². The van der Waals surface area contributed by atoms with Crippen LogP contribution in [0.15, 0.2) is 21.9 Å². The topological polar surface area (TPSA) is 97.6 Å². The Morgan fingerprint density at radius 3 is 2.59 bits per heavy atom. The van der Waals surface area contributed by atoms with Gasteiger partial charge in [0.25, 0.3) is 0 Å². The van der Waals surface area contributed by atoms with Crippen LogP contribution in [0.5, 0.6) is 0 Å². The Bertz CT molecular complexity index is 1100. The van der Waals surface area contributed by atoms with Crippen molar-refractivity contribution in [1.29, 1.82) is 5.26 Å². The molecule has 4 unspecified atom stereocenters. The standard InChI is InChI=1S/C24H31N5O2S/c1-29-14-18-7-4-8-19(18)22(29)11-12-32(31,26-15-25)28-24(30)27-23-20-9-2-5-16(20)13-17-6-3-10-21(17)23/h11-13,18-19,22H,2-10,14H2,1H3,(H2,26,27,28,30,31)/b12-11+. The predicted octanol–water partition coefficient (Wildman–Crippen LogP) is 3.89. The van der Waals surface area contributed by atoms with Gasteiger partial charge in [-0.1, -0.05) is 22.9 Å². The van der Waals surface area contributed by atoms with Gasteiger partial charge in [0.2, 0.25) is 6.19 Å². The van der Waals surface area contributed by atoms with Gasteiger partial charge in [0.1, 0.15) is 0 Å². The number of benzene rings is 1. The monoisotopic (exact) mass is 453 g/mol. The lowest BCUT2D eigenvalue weighted by molar-refractivity contribution is 0.257. The van der Waals surface area contributed by atoms with Crippen molar-refractivity contribution in [2.45, 2.75) is 63.8 Å². The van der Waals surface area contributed by atoms with E-state index in [1.807, 2.05) is 6.08 Å². The molecule has 8 heteroatoms. The minimum atomic E-state index is -3.33. The molecule has 4 atom stereocenters. The van der Waals surface area contributed by atoms with Gasteiger partial charge >= 0.3 is 6.03 Å². The first-order chi connectivity index (χ1) is 15.5. The van der Waals surface area contributed by atoms with Gasteiger partial charge in [-0.05, 0) is 92.5 Å². The zero-order valence-electron chi connectivity index (χ0n) is 18.6. The second kappa shape index (κ2) is 8.53. The van der Waals surface area contributed by atoms with Gasteiger partial charge in [0.15, 0.2) is 9.92 Å². The average molecular weight is 454 g/mol. The minimum Gasteiger partial charge on any atom is -0.307 e. The molecule has 7 nitrogen and oxygen atoms in total. The smallest absolute Gasteiger partial charge is 0.307 e. The molecule has 4 aliphatic rings. The lowest BCUT2D eigenvalue weighted by atomic mass is 9.94. The van der Waals surface area contributed by atoms with E-state index in [4.69, 9.17) is 5.26 Å². The minimum absolute atomic E-state index is 0.169. The molecular weight excluding hydrogens is 422 g/mol. The summed E-state index contributed by atoms with van der Waals surface area (Å²) in [4.78, 5) is 15.2. The van der Waals surface area contributed by atoms with Crippen LogP contribution in [0.1, 0.15) is 54.4 Å². The van der Waals surface area contributed by atoms with Crippen LogP contribution in [-0.2, 0) is 35.6 Å². The van der Waals surface area contributed by atoms with E-state index in [0.29, 0.717) is 11.8 Å². The average Bonchev–Trinajstić information content (AvgIpc) is 3.51. The molecule has 0 bridgehead atoms. The summed E-state index contributed by atoms with van der Waals surface area (Å²) in [5.74, 6) is 1.22. The number of hydrogen-bond acceptors (Lipinski definition) is 5. The zero-order valence-corrected chi connectivity index (χ0v) is 19.4. The lowest BCUT2D eigenvalue weighted by Crippen LogP contribution is -2.34. The van der Waals surface area contributed by atoms with Crippen LogP contribution in [0.25, 0.3) is 0 Å². The Kier molecular flexibility index (Phi) is 5.72. The van der Waals surface area contributed by atoms with Crippen LogP contribution < -0.4 is 10.0 Å². The number of rotatable bonds is 4.